The lowest BCUT2D eigenvalue weighted by Crippen LogP contribution is -1.94. The second-order valence-corrected chi connectivity index (χ2v) is 4.45. The summed E-state index contributed by atoms with van der Waals surface area (Å²) < 4.78 is 24.5. The lowest BCUT2D eigenvalue weighted by molar-refractivity contribution is 0.273. The first-order valence-corrected chi connectivity index (χ1v) is 6.09. The molecule has 2 nitrogen and oxygen atoms in total. The van der Waals surface area contributed by atoms with Gasteiger partial charge in [-0.05, 0) is 30.7 Å². The van der Waals surface area contributed by atoms with Crippen molar-refractivity contribution in [2.75, 3.05) is 0 Å². The van der Waals surface area contributed by atoms with Gasteiger partial charge < -0.3 is 9.15 Å². The van der Waals surface area contributed by atoms with E-state index in [0.29, 0.717) is 11.3 Å². The first kappa shape index (κ1) is 11.8. The fourth-order valence-corrected chi connectivity index (χ4v) is 1.93. The lowest BCUT2D eigenvalue weighted by Gasteiger charge is -2.05. The van der Waals surface area contributed by atoms with E-state index < -0.39 is 0 Å². The summed E-state index contributed by atoms with van der Waals surface area (Å²) in [6.07, 6.45) is 0. The van der Waals surface area contributed by atoms with Gasteiger partial charge in [-0.25, -0.2) is 4.39 Å². The van der Waals surface area contributed by atoms with E-state index in [4.69, 9.17) is 9.15 Å². The molecule has 0 aliphatic carbocycles. The molecule has 0 bridgehead atoms. The first-order chi connectivity index (χ1) is 9.22. The zero-order valence-electron chi connectivity index (χ0n) is 10.5. The van der Waals surface area contributed by atoms with Crippen LogP contribution in [0.2, 0.25) is 0 Å². The Hall–Kier alpha value is -2.29. The van der Waals surface area contributed by atoms with Crippen LogP contribution in [0.3, 0.4) is 0 Å². The lowest BCUT2D eigenvalue weighted by atomic mass is 10.2. The number of hydrogen-bond donors (Lipinski definition) is 0. The molecule has 0 atom stereocenters. The molecule has 0 amide bonds. The summed E-state index contributed by atoms with van der Waals surface area (Å²) in [6, 6.07) is 14.5. The minimum atomic E-state index is -0.262. The molecule has 0 spiro atoms. The molecule has 0 saturated heterocycles. The van der Waals surface area contributed by atoms with Crippen LogP contribution in [-0.2, 0) is 6.61 Å². The van der Waals surface area contributed by atoms with Crippen molar-refractivity contribution in [2.24, 2.45) is 0 Å². The van der Waals surface area contributed by atoms with E-state index in [1.807, 2.05) is 30.3 Å². The largest absolute Gasteiger partial charge is 0.486 e. The highest BCUT2D eigenvalue weighted by molar-refractivity contribution is 5.77. The van der Waals surface area contributed by atoms with Crippen molar-refractivity contribution in [1.29, 1.82) is 0 Å². The second-order valence-electron chi connectivity index (χ2n) is 4.45. The molecular weight excluding hydrogens is 243 g/mol. The highest BCUT2D eigenvalue weighted by Gasteiger charge is 2.05. The van der Waals surface area contributed by atoms with Crippen LogP contribution in [0.4, 0.5) is 4.39 Å². The van der Waals surface area contributed by atoms with E-state index in [9.17, 15) is 4.39 Å². The third-order valence-corrected chi connectivity index (χ3v) is 3.00. The molecule has 0 fully saturated rings. The molecule has 2 aromatic carbocycles. The number of fused-ring (bicyclic) bond motifs is 1. The molecule has 0 saturated carbocycles. The molecule has 1 heterocycles. The minimum absolute atomic E-state index is 0.262. The van der Waals surface area contributed by atoms with E-state index in [-0.39, 0.29) is 12.4 Å². The summed E-state index contributed by atoms with van der Waals surface area (Å²) >= 11 is 0. The van der Waals surface area contributed by atoms with E-state index in [2.05, 4.69) is 0 Å². The second kappa shape index (κ2) is 4.76. The van der Waals surface area contributed by atoms with Crippen LogP contribution in [0.25, 0.3) is 11.0 Å². The van der Waals surface area contributed by atoms with E-state index in [1.54, 1.807) is 19.1 Å². The molecule has 0 radical (unpaired) electrons. The Morgan fingerprint density at radius 2 is 1.95 bits per heavy atom. The number of furan rings is 1. The van der Waals surface area contributed by atoms with Crippen molar-refractivity contribution >= 4 is 11.0 Å². The molecule has 0 aliphatic heterocycles. The zero-order chi connectivity index (χ0) is 13.2. The molecule has 0 N–H and O–H groups in total. The van der Waals surface area contributed by atoms with Gasteiger partial charge in [-0.2, -0.15) is 0 Å². The van der Waals surface area contributed by atoms with Crippen molar-refractivity contribution in [3.8, 4) is 5.75 Å². The van der Waals surface area contributed by atoms with Gasteiger partial charge in [0.2, 0.25) is 0 Å². The van der Waals surface area contributed by atoms with Crippen LogP contribution >= 0.6 is 0 Å². The molecule has 3 rings (SSSR count). The maximum atomic E-state index is 13.4. The predicted octanol–water partition coefficient (Wildman–Crippen LogP) is 4.46. The number of halogens is 1. The maximum absolute atomic E-state index is 13.4. The average Bonchev–Trinajstić information content (AvgIpc) is 2.83. The van der Waals surface area contributed by atoms with Crippen LogP contribution in [0.5, 0.6) is 5.75 Å². The molecular formula is C16H13FO2. The molecule has 1 aromatic heterocycles. The summed E-state index contributed by atoms with van der Waals surface area (Å²) in [5, 5.41) is 1.04. The fraction of sp³-hybridized carbons (Fsp3) is 0.125. The summed E-state index contributed by atoms with van der Waals surface area (Å²) in [6.45, 7) is 2.01. The Balaban J connectivity index is 1.76. The quantitative estimate of drug-likeness (QED) is 0.690. The maximum Gasteiger partial charge on any atom is 0.146 e. The summed E-state index contributed by atoms with van der Waals surface area (Å²) in [7, 11) is 0. The fourth-order valence-electron chi connectivity index (χ4n) is 1.93. The van der Waals surface area contributed by atoms with Crippen molar-refractivity contribution in [1.82, 2.24) is 0 Å². The Morgan fingerprint density at radius 1 is 1.11 bits per heavy atom. The van der Waals surface area contributed by atoms with Crippen molar-refractivity contribution in [3.05, 3.63) is 65.7 Å². The summed E-state index contributed by atoms with van der Waals surface area (Å²) in [5.74, 6) is 0.966. The van der Waals surface area contributed by atoms with Gasteiger partial charge in [-0.3, -0.25) is 0 Å². The number of hydrogen-bond acceptors (Lipinski definition) is 2. The standard InChI is InChI=1S/C16H13FO2/c1-11-6-7-13(9-15(11)17)18-10-14-8-12-4-2-3-5-16(12)19-14/h2-9H,10H2,1H3. The molecule has 3 aromatic rings. The monoisotopic (exact) mass is 256 g/mol. The summed E-state index contributed by atoms with van der Waals surface area (Å²) in [4.78, 5) is 0. The highest BCUT2D eigenvalue weighted by Crippen LogP contribution is 2.21. The number of ether oxygens (including phenoxy) is 1. The molecule has 0 unspecified atom stereocenters. The number of rotatable bonds is 3. The van der Waals surface area contributed by atoms with Crippen LogP contribution in [-0.4, -0.2) is 0 Å². The molecule has 0 aliphatic rings. The van der Waals surface area contributed by atoms with Gasteiger partial charge in [0.1, 0.15) is 29.5 Å². The highest BCUT2D eigenvalue weighted by atomic mass is 19.1. The van der Waals surface area contributed by atoms with Crippen LogP contribution in [0, 0.1) is 12.7 Å². The van der Waals surface area contributed by atoms with Gasteiger partial charge in [0.05, 0.1) is 0 Å². The van der Waals surface area contributed by atoms with Crippen molar-refractivity contribution in [3.63, 3.8) is 0 Å². The zero-order valence-corrected chi connectivity index (χ0v) is 10.5. The van der Waals surface area contributed by atoms with Crippen molar-refractivity contribution in [2.45, 2.75) is 13.5 Å². The van der Waals surface area contributed by atoms with Gasteiger partial charge in [0.25, 0.3) is 0 Å². The predicted molar refractivity (Wildman–Crippen MR) is 71.7 cm³/mol. The Labute approximate surface area is 110 Å². The normalized spacial score (nSPS) is 10.8. The van der Waals surface area contributed by atoms with Gasteiger partial charge >= 0.3 is 0 Å². The number of benzene rings is 2. The summed E-state index contributed by atoms with van der Waals surface area (Å²) in [5.41, 5.74) is 1.44. The van der Waals surface area contributed by atoms with Gasteiger partial charge in [0, 0.05) is 11.5 Å². The first-order valence-electron chi connectivity index (χ1n) is 6.09. The van der Waals surface area contributed by atoms with E-state index in [1.165, 1.54) is 6.07 Å². The molecule has 3 heteroatoms. The third-order valence-electron chi connectivity index (χ3n) is 3.00. The Bertz CT molecular complexity index is 683. The third kappa shape index (κ3) is 2.45. The average molecular weight is 256 g/mol. The van der Waals surface area contributed by atoms with Gasteiger partial charge in [-0.15, -0.1) is 0 Å². The van der Waals surface area contributed by atoms with Crippen molar-refractivity contribution < 1.29 is 13.5 Å². The molecule has 19 heavy (non-hydrogen) atoms. The Morgan fingerprint density at radius 3 is 2.74 bits per heavy atom. The SMILES string of the molecule is Cc1ccc(OCc2cc3ccccc3o2)cc1F. The van der Waals surface area contributed by atoms with Crippen LogP contribution in [0.1, 0.15) is 11.3 Å². The smallest absolute Gasteiger partial charge is 0.146 e. The van der Waals surface area contributed by atoms with E-state index in [0.717, 1.165) is 16.7 Å². The topological polar surface area (TPSA) is 22.4 Å². The van der Waals surface area contributed by atoms with Gasteiger partial charge in [-0.1, -0.05) is 24.3 Å². The van der Waals surface area contributed by atoms with Crippen LogP contribution < -0.4 is 4.74 Å². The van der Waals surface area contributed by atoms with Gasteiger partial charge in [0.15, 0.2) is 0 Å². The molecule has 96 valence electrons. The van der Waals surface area contributed by atoms with Crippen LogP contribution in [0.15, 0.2) is 52.9 Å². The number of aryl methyl sites for hydroxylation is 1. The Kier molecular flexibility index (Phi) is 2.95. The number of para-hydroxylation sites is 1. The van der Waals surface area contributed by atoms with E-state index >= 15 is 0 Å². The minimum Gasteiger partial charge on any atom is -0.486 e.